The van der Waals surface area contributed by atoms with Gasteiger partial charge in [0, 0.05) is 21.6 Å². The molecule has 1 aliphatic heterocycles. The number of hydrogen-bond donors (Lipinski definition) is 3. The number of thiocarbonyl (C=S) groups is 1. The second kappa shape index (κ2) is 8.42. The zero-order valence-electron chi connectivity index (χ0n) is 17.5. The van der Waals surface area contributed by atoms with Crippen molar-refractivity contribution in [3.05, 3.63) is 45.0 Å². The molecule has 0 unspecified atom stereocenters. The van der Waals surface area contributed by atoms with Crippen molar-refractivity contribution in [2.45, 2.75) is 52.1 Å². The second-order valence-electron chi connectivity index (χ2n) is 8.35. The summed E-state index contributed by atoms with van der Waals surface area (Å²) in [6.45, 7) is 10.5. The Morgan fingerprint density at radius 3 is 2.67 bits per heavy atom. The van der Waals surface area contributed by atoms with E-state index in [0.717, 1.165) is 10.4 Å². The number of rotatable bonds is 4. The van der Waals surface area contributed by atoms with Crippen molar-refractivity contribution >= 4 is 56.9 Å². The highest BCUT2D eigenvalue weighted by molar-refractivity contribution is 7.80. The number of benzene rings is 1. The fourth-order valence-corrected chi connectivity index (χ4v) is 5.55. The number of halogens is 2. The van der Waals surface area contributed by atoms with E-state index in [0.29, 0.717) is 22.7 Å². The van der Waals surface area contributed by atoms with E-state index in [1.54, 1.807) is 13.0 Å². The van der Waals surface area contributed by atoms with Crippen LogP contribution in [0.2, 0.25) is 5.02 Å². The molecule has 162 valence electrons. The van der Waals surface area contributed by atoms with E-state index in [-0.39, 0.29) is 33.8 Å². The van der Waals surface area contributed by atoms with E-state index >= 15 is 0 Å². The topological polar surface area (TPSA) is 62.4 Å². The molecular formula is C21H25ClFN3O2S2. The molecule has 9 heteroatoms. The molecule has 0 amide bonds. The molecule has 2 aromatic rings. The largest absolute Gasteiger partial charge is 0.462 e. The molecule has 0 bridgehead atoms. The van der Waals surface area contributed by atoms with Gasteiger partial charge >= 0.3 is 5.97 Å². The SMILES string of the molecule is CCOC(=O)c1c(NC(=S)Nc2ccc(Cl)c(F)c2)sc2c1CC(C)(C)NC2(C)C. The molecule has 2 heterocycles. The molecule has 1 aliphatic rings. The van der Waals surface area contributed by atoms with E-state index < -0.39 is 5.82 Å². The van der Waals surface area contributed by atoms with Crippen molar-refractivity contribution in [1.82, 2.24) is 5.32 Å². The Labute approximate surface area is 190 Å². The highest BCUT2D eigenvalue weighted by atomic mass is 35.5. The number of nitrogens with one attached hydrogen (secondary N) is 3. The summed E-state index contributed by atoms with van der Waals surface area (Å²) < 4.78 is 19.1. The normalized spacial score (nSPS) is 16.5. The predicted octanol–water partition coefficient (Wildman–Crippen LogP) is 5.69. The standard InChI is InChI=1S/C21H25ClFN3O2S2/c1-6-28-18(27)15-12-10-20(2,3)26-21(4,5)16(12)30-17(15)25-19(29)24-11-7-8-13(22)14(23)9-11/h7-9,26H,6,10H2,1-5H3,(H2,24,25,29). The maximum atomic E-state index is 13.7. The molecule has 0 fully saturated rings. The number of thiophene rings is 1. The van der Waals surface area contributed by atoms with Crippen LogP contribution < -0.4 is 16.0 Å². The first-order valence-corrected chi connectivity index (χ1v) is 11.2. The molecule has 0 radical (unpaired) electrons. The first-order valence-electron chi connectivity index (χ1n) is 9.59. The summed E-state index contributed by atoms with van der Waals surface area (Å²) >= 11 is 12.6. The average molecular weight is 470 g/mol. The van der Waals surface area contributed by atoms with Crippen molar-refractivity contribution < 1.29 is 13.9 Å². The van der Waals surface area contributed by atoms with Gasteiger partial charge in [0.1, 0.15) is 10.8 Å². The van der Waals surface area contributed by atoms with Gasteiger partial charge in [0.05, 0.1) is 17.2 Å². The van der Waals surface area contributed by atoms with Crippen LogP contribution in [0.15, 0.2) is 18.2 Å². The lowest BCUT2D eigenvalue weighted by Gasteiger charge is -2.42. The molecular weight excluding hydrogens is 445 g/mol. The summed E-state index contributed by atoms with van der Waals surface area (Å²) in [5.74, 6) is -0.926. The Morgan fingerprint density at radius 1 is 1.33 bits per heavy atom. The summed E-state index contributed by atoms with van der Waals surface area (Å²) in [5, 5.41) is 10.6. The minimum Gasteiger partial charge on any atom is -0.462 e. The van der Waals surface area contributed by atoms with Crippen LogP contribution in [0.25, 0.3) is 0 Å². The maximum absolute atomic E-state index is 13.7. The van der Waals surface area contributed by atoms with E-state index in [2.05, 4.69) is 43.6 Å². The Hall–Kier alpha value is -1.74. The van der Waals surface area contributed by atoms with Gasteiger partial charge in [0.2, 0.25) is 0 Å². The van der Waals surface area contributed by atoms with Gasteiger partial charge < -0.3 is 20.7 Å². The van der Waals surface area contributed by atoms with Crippen molar-refractivity contribution in [2.24, 2.45) is 0 Å². The lowest BCUT2D eigenvalue weighted by molar-refractivity contribution is 0.0526. The number of ether oxygens (including phenoxy) is 1. The number of carbonyl (C=O) groups is 1. The highest BCUT2D eigenvalue weighted by Gasteiger charge is 2.42. The number of fused-ring (bicyclic) bond motifs is 1. The lowest BCUT2D eigenvalue weighted by atomic mass is 9.81. The van der Waals surface area contributed by atoms with Gasteiger partial charge in [-0.2, -0.15) is 0 Å². The molecule has 1 aromatic carbocycles. The van der Waals surface area contributed by atoms with Gasteiger partial charge in [0.25, 0.3) is 0 Å². The van der Waals surface area contributed by atoms with Gasteiger partial charge in [-0.3, -0.25) is 0 Å². The first-order chi connectivity index (χ1) is 13.9. The van der Waals surface area contributed by atoms with Crippen LogP contribution in [0.1, 0.15) is 55.4 Å². The Balaban J connectivity index is 1.95. The number of anilines is 2. The zero-order chi connectivity index (χ0) is 22.3. The number of esters is 1. The third-order valence-corrected chi connectivity index (χ3v) is 6.71. The smallest absolute Gasteiger partial charge is 0.341 e. The van der Waals surface area contributed by atoms with Crippen LogP contribution in [-0.4, -0.2) is 23.2 Å². The van der Waals surface area contributed by atoms with E-state index in [4.69, 9.17) is 28.6 Å². The molecule has 3 rings (SSSR count). The van der Waals surface area contributed by atoms with Crippen LogP contribution in [0, 0.1) is 5.82 Å². The van der Waals surface area contributed by atoms with Crippen LogP contribution in [0.4, 0.5) is 15.1 Å². The Kier molecular flexibility index (Phi) is 6.43. The summed E-state index contributed by atoms with van der Waals surface area (Å²) in [6, 6.07) is 4.34. The second-order valence-corrected chi connectivity index (χ2v) is 10.2. The number of hydrogen-bond acceptors (Lipinski definition) is 5. The molecule has 1 aromatic heterocycles. The minimum atomic E-state index is -0.543. The Bertz CT molecular complexity index is 1000. The summed E-state index contributed by atoms with van der Waals surface area (Å²) in [5.41, 5.74) is 1.42. The van der Waals surface area contributed by atoms with Gasteiger partial charge in [-0.1, -0.05) is 11.6 Å². The average Bonchev–Trinajstić information content (AvgIpc) is 2.95. The van der Waals surface area contributed by atoms with Gasteiger partial charge in [-0.15, -0.1) is 11.3 Å². The monoisotopic (exact) mass is 469 g/mol. The van der Waals surface area contributed by atoms with Gasteiger partial charge in [-0.25, -0.2) is 9.18 Å². The maximum Gasteiger partial charge on any atom is 0.341 e. The molecule has 0 atom stereocenters. The number of carbonyl (C=O) groups excluding carboxylic acids is 1. The van der Waals surface area contributed by atoms with Crippen molar-refractivity contribution in [2.75, 3.05) is 17.2 Å². The van der Waals surface area contributed by atoms with Crippen LogP contribution >= 0.6 is 35.2 Å². The third-order valence-electron chi connectivity index (χ3n) is 4.73. The summed E-state index contributed by atoms with van der Waals surface area (Å²) in [7, 11) is 0. The fourth-order valence-electron chi connectivity index (χ4n) is 3.87. The van der Waals surface area contributed by atoms with E-state index in [9.17, 15) is 9.18 Å². The highest BCUT2D eigenvalue weighted by Crippen LogP contribution is 2.45. The molecule has 3 N–H and O–H groups in total. The summed E-state index contributed by atoms with van der Waals surface area (Å²) in [4.78, 5) is 13.9. The van der Waals surface area contributed by atoms with E-state index in [1.165, 1.54) is 23.5 Å². The van der Waals surface area contributed by atoms with Crippen LogP contribution in [-0.2, 0) is 16.7 Å². The van der Waals surface area contributed by atoms with Crippen molar-refractivity contribution in [1.29, 1.82) is 0 Å². The fraction of sp³-hybridized carbons (Fsp3) is 0.429. The quantitative estimate of drug-likeness (QED) is 0.395. The van der Waals surface area contributed by atoms with Gasteiger partial charge in [-0.05, 0) is 77.0 Å². The lowest BCUT2D eigenvalue weighted by Crippen LogP contribution is -2.55. The van der Waals surface area contributed by atoms with Crippen LogP contribution in [0.5, 0.6) is 0 Å². The van der Waals surface area contributed by atoms with Gasteiger partial charge in [0.15, 0.2) is 5.11 Å². The predicted molar refractivity (Wildman–Crippen MR) is 125 cm³/mol. The molecule has 5 nitrogen and oxygen atoms in total. The minimum absolute atomic E-state index is 0.0345. The summed E-state index contributed by atoms with van der Waals surface area (Å²) in [6.07, 6.45) is 0.681. The Morgan fingerprint density at radius 2 is 2.03 bits per heavy atom. The molecule has 0 spiro atoms. The molecule has 0 saturated heterocycles. The molecule has 0 aliphatic carbocycles. The zero-order valence-corrected chi connectivity index (χ0v) is 19.9. The van der Waals surface area contributed by atoms with Crippen molar-refractivity contribution in [3.8, 4) is 0 Å². The molecule has 0 saturated carbocycles. The van der Waals surface area contributed by atoms with Crippen LogP contribution in [0.3, 0.4) is 0 Å². The van der Waals surface area contributed by atoms with Crippen molar-refractivity contribution in [3.63, 3.8) is 0 Å². The molecule has 30 heavy (non-hydrogen) atoms. The first kappa shape index (κ1) is 22.9. The van der Waals surface area contributed by atoms with E-state index in [1.807, 2.05) is 0 Å². The third kappa shape index (κ3) is 4.77.